The molecule has 1 saturated heterocycles. The molecular formula is C33H35F3N6O3. The second kappa shape index (κ2) is 11.1. The van der Waals surface area contributed by atoms with E-state index in [9.17, 15) is 22.8 Å². The zero-order valence-electron chi connectivity index (χ0n) is 25.9. The van der Waals surface area contributed by atoms with Gasteiger partial charge in [-0.15, -0.1) is 0 Å². The number of aromatic amines is 1. The third-order valence-corrected chi connectivity index (χ3v) is 8.38. The number of H-pyrrole nitrogens is 1. The van der Waals surface area contributed by atoms with E-state index in [2.05, 4.69) is 32.1 Å². The van der Waals surface area contributed by atoms with Gasteiger partial charge in [0.05, 0.1) is 11.6 Å². The molecule has 1 fully saturated rings. The predicted octanol–water partition coefficient (Wildman–Crippen LogP) is 6.93. The molecule has 1 atom stereocenters. The Kier molecular flexibility index (Phi) is 7.57. The summed E-state index contributed by atoms with van der Waals surface area (Å²) in [6.07, 6.45) is 1.31. The van der Waals surface area contributed by atoms with Crippen LogP contribution in [0.15, 0.2) is 36.8 Å². The molecule has 0 radical (unpaired) electrons. The summed E-state index contributed by atoms with van der Waals surface area (Å²) in [4.78, 5) is 45.3. The van der Waals surface area contributed by atoms with Crippen LogP contribution in [-0.4, -0.2) is 60.4 Å². The van der Waals surface area contributed by atoms with Gasteiger partial charge in [-0.25, -0.2) is 19.7 Å². The van der Waals surface area contributed by atoms with Crippen LogP contribution in [0.25, 0.3) is 22.2 Å². The van der Waals surface area contributed by atoms with Gasteiger partial charge >= 0.3 is 12.3 Å². The monoisotopic (exact) mass is 620 g/mol. The van der Waals surface area contributed by atoms with Crippen LogP contribution in [0.4, 0.5) is 18.0 Å². The number of ether oxygens (including phenoxy) is 1. The van der Waals surface area contributed by atoms with E-state index in [-0.39, 0.29) is 25.0 Å². The molecule has 45 heavy (non-hydrogen) atoms. The molecule has 0 aliphatic carbocycles. The largest absolute Gasteiger partial charge is 0.444 e. The Hall–Kier alpha value is -4.48. The number of aromatic nitrogens is 4. The van der Waals surface area contributed by atoms with Crippen molar-refractivity contribution in [3.8, 4) is 11.1 Å². The molecule has 12 heteroatoms. The Morgan fingerprint density at radius 3 is 2.53 bits per heavy atom. The lowest BCUT2D eigenvalue weighted by molar-refractivity contribution is -0.141. The number of rotatable bonds is 3. The number of carbonyl (C=O) groups excluding carboxylic acids is 2. The maximum Gasteiger partial charge on any atom is 0.434 e. The number of alkyl halides is 3. The van der Waals surface area contributed by atoms with E-state index >= 15 is 0 Å². The average Bonchev–Trinajstić information content (AvgIpc) is 3.61. The van der Waals surface area contributed by atoms with Gasteiger partial charge in [-0.2, -0.15) is 13.2 Å². The van der Waals surface area contributed by atoms with E-state index < -0.39 is 35.0 Å². The van der Waals surface area contributed by atoms with E-state index in [1.165, 1.54) is 11.8 Å². The Morgan fingerprint density at radius 2 is 1.80 bits per heavy atom. The Bertz CT molecular complexity index is 1810. The molecule has 9 nitrogen and oxygen atoms in total. The number of benzene rings is 1. The maximum atomic E-state index is 13.9. The van der Waals surface area contributed by atoms with Gasteiger partial charge in [-0.1, -0.05) is 6.07 Å². The number of aryl methyl sites for hydroxylation is 2. The number of nitrogens with zero attached hydrogens (tertiary/aromatic N) is 5. The lowest BCUT2D eigenvalue weighted by Gasteiger charge is -2.35. The number of amides is 2. The fourth-order valence-corrected chi connectivity index (χ4v) is 6.27. The quantitative estimate of drug-likeness (QED) is 0.267. The lowest BCUT2D eigenvalue weighted by Crippen LogP contribution is -2.39. The van der Waals surface area contributed by atoms with Crippen molar-refractivity contribution in [1.29, 1.82) is 0 Å². The van der Waals surface area contributed by atoms with Crippen LogP contribution in [-0.2, 0) is 23.9 Å². The van der Waals surface area contributed by atoms with Gasteiger partial charge < -0.3 is 19.5 Å². The molecule has 3 aromatic heterocycles. The first kappa shape index (κ1) is 30.5. The van der Waals surface area contributed by atoms with Crippen molar-refractivity contribution < 1.29 is 27.5 Å². The number of carbonyl (C=O) groups is 2. The number of hydrogen-bond donors (Lipinski definition) is 1. The van der Waals surface area contributed by atoms with Gasteiger partial charge in [0.1, 0.15) is 17.1 Å². The fourth-order valence-electron chi connectivity index (χ4n) is 6.27. The average molecular weight is 621 g/mol. The summed E-state index contributed by atoms with van der Waals surface area (Å²) >= 11 is 0. The Morgan fingerprint density at radius 1 is 1.02 bits per heavy atom. The second-order valence-electron chi connectivity index (χ2n) is 12.8. The Balaban J connectivity index is 1.43. The van der Waals surface area contributed by atoms with Crippen LogP contribution < -0.4 is 0 Å². The third kappa shape index (κ3) is 5.97. The zero-order chi connectivity index (χ0) is 32.3. The highest BCUT2D eigenvalue weighted by Gasteiger charge is 2.40. The Labute approximate surface area is 258 Å². The van der Waals surface area contributed by atoms with Crippen molar-refractivity contribution in [3.63, 3.8) is 0 Å². The number of likely N-dealkylation sites (tertiary alicyclic amines) is 1. The van der Waals surface area contributed by atoms with Crippen molar-refractivity contribution in [2.24, 2.45) is 0 Å². The highest BCUT2D eigenvalue weighted by atomic mass is 19.4. The van der Waals surface area contributed by atoms with Crippen molar-refractivity contribution in [2.45, 2.75) is 78.2 Å². The summed E-state index contributed by atoms with van der Waals surface area (Å²) in [5, 5.41) is 1.00. The maximum absolute atomic E-state index is 13.9. The highest BCUT2D eigenvalue weighted by Crippen LogP contribution is 2.41. The van der Waals surface area contributed by atoms with Crippen LogP contribution in [0, 0.1) is 13.8 Å². The molecule has 0 unspecified atom stereocenters. The molecule has 0 spiro atoms. The number of halogens is 3. The third-order valence-electron chi connectivity index (χ3n) is 8.38. The van der Waals surface area contributed by atoms with Crippen LogP contribution in [0.5, 0.6) is 0 Å². The molecule has 2 aliphatic rings. The first-order valence-electron chi connectivity index (χ1n) is 15.0. The van der Waals surface area contributed by atoms with Crippen molar-refractivity contribution in [1.82, 2.24) is 29.7 Å². The molecule has 236 valence electrons. The number of nitrogens with one attached hydrogen (secondary N) is 1. The fraction of sp³-hybridized carbons (Fsp3) is 0.424. The van der Waals surface area contributed by atoms with Crippen LogP contribution in [0.3, 0.4) is 0 Å². The molecule has 1 N–H and O–H groups in total. The van der Waals surface area contributed by atoms with E-state index in [1.807, 2.05) is 40.0 Å². The van der Waals surface area contributed by atoms with Gasteiger partial charge in [0.15, 0.2) is 5.69 Å². The second-order valence-corrected chi connectivity index (χ2v) is 12.8. The van der Waals surface area contributed by atoms with E-state index in [0.717, 1.165) is 57.0 Å². The van der Waals surface area contributed by atoms with Gasteiger partial charge in [0.25, 0.3) is 5.91 Å². The van der Waals surface area contributed by atoms with Crippen molar-refractivity contribution >= 4 is 23.0 Å². The topological polar surface area (TPSA) is 104 Å². The molecule has 2 amide bonds. The molecular weight excluding hydrogens is 585 g/mol. The normalized spacial score (nSPS) is 17.1. The first-order valence-corrected chi connectivity index (χ1v) is 15.0. The summed E-state index contributed by atoms with van der Waals surface area (Å²) < 4.78 is 47.4. The van der Waals surface area contributed by atoms with Crippen LogP contribution in [0.2, 0.25) is 0 Å². The highest BCUT2D eigenvalue weighted by molar-refractivity contribution is 5.95. The molecule has 1 aromatic carbocycles. The van der Waals surface area contributed by atoms with E-state index in [4.69, 9.17) is 4.74 Å². The summed E-state index contributed by atoms with van der Waals surface area (Å²) in [6, 6.07) is 5.84. The smallest absolute Gasteiger partial charge is 0.434 e. The standard InChI is InChI=1S/C33H35F3N6O3/c1-18-14-38-29-23(18)13-22(15-39-29)21-11-20-8-10-41(30(43)25-16-37-19(2)40-28(25)33(34,35)36)17-26(20)24(12-21)27-7-6-9-42(27)31(44)45-32(3,4)5/h11-16,27H,6-10,17H2,1-5H3,(H,38,39)/t27-/m0/s1. The van der Waals surface area contributed by atoms with E-state index in [1.54, 1.807) is 11.1 Å². The lowest BCUT2D eigenvalue weighted by atomic mass is 9.86. The number of fused-ring (bicyclic) bond motifs is 2. The number of pyridine rings is 1. The van der Waals surface area contributed by atoms with Gasteiger partial charge in [-0.05, 0) is 93.8 Å². The predicted molar refractivity (Wildman–Crippen MR) is 161 cm³/mol. The van der Waals surface area contributed by atoms with Crippen LogP contribution in [0.1, 0.15) is 83.8 Å². The summed E-state index contributed by atoms with van der Waals surface area (Å²) in [6.45, 7) is 9.62. The first-order chi connectivity index (χ1) is 21.2. The van der Waals surface area contributed by atoms with Gasteiger partial charge in [0, 0.05) is 49.2 Å². The molecule has 4 aromatic rings. The van der Waals surface area contributed by atoms with Gasteiger partial charge in [0.2, 0.25) is 0 Å². The minimum absolute atomic E-state index is 0.0661. The number of hydrogen-bond acceptors (Lipinski definition) is 6. The van der Waals surface area contributed by atoms with Crippen molar-refractivity contribution in [3.05, 3.63) is 76.1 Å². The molecule has 0 bridgehead atoms. The SMILES string of the molecule is Cc1ncc(C(=O)N2CCc3cc(-c4cnc5[nH]cc(C)c5c4)cc([C@@H]4CCCN4C(=O)OC(C)(C)C)c3C2)c(C(F)(F)F)n1. The van der Waals surface area contributed by atoms with Gasteiger partial charge in [-0.3, -0.25) is 4.79 Å². The van der Waals surface area contributed by atoms with Crippen LogP contribution >= 0.6 is 0 Å². The molecule has 5 heterocycles. The van der Waals surface area contributed by atoms with E-state index in [0.29, 0.717) is 19.4 Å². The molecule has 6 rings (SSSR count). The minimum atomic E-state index is -4.81. The molecule has 0 saturated carbocycles. The molecule has 2 aliphatic heterocycles. The summed E-state index contributed by atoms with van der Waals surface area (Å²) in [5.74, 6) is -0.848. The van der Waals surface area contributed by atoms with Crippen molar-refractivity contribution in [2.75, 3.05) is 13.1 Å². The zero-order valence-corrected chi connectivity index (χ0v) is 25.9. The summed E-state index contributed by atoms with van der Waals surface area (Å²) in [7, 11) is 0. The summed E-state index contributed by atoms with van der Waals surface area (Å²) in [5.41, 5.74) is 3.83. The minimum Gasteiger partial charge on any atom is -0.444 e.